The van der Waals surface area contributed by atoms with E-state index < -0.39 is 0 Å². The van der Waals surface area contributed by atoms with Crippen molar-refractivity contribution in [3.63, 3.8) is 0 Å². The van der Waals surface area contributed by atoms with Gasteiger partial charge < -0.3 is 10.1 Å². The van der Waals surface area contributed by atoms with Gasteiger partial charge in [0.1, 0.15) is 5.82 Å². The lowest BCUT2D eigenvalue weighted by atomic mass is 10.2. The Kier molecular flexibility index (Phi) is 4.27. The Morgan fingerprint density at radius 1 is 1.58 bits per heavy atom. The molecule has 1 aromatic heterocycles. The molecule has 0 bridgehead atoms. The molecule has 2 fully saturated rings. The van der Waals surface area contributed by atoms with E-state index in [2.05, 4.69) is 31.1 Å². The van der Waals surface area contributed by atoms with Gasteiger partial charge in [-0.1, -0.05) is 11.6 Å². The van der Waals surface area contributed by atoms with Gasteiger partial charge in [-0.25, -0.2) is 4.98 Å². The van der Waals surface area contributed by atoms with E-state index in [-0.39, 0.29) is 6.10 Å². The number of fused-ring (bicyclic) bond motifs is 1. The first kappa shape index (κ1) is 13.6. The molecule has 104 valence electrons. The van der Waals surface area contributed by atoms with Crippen molar-refractivity contribution in [2.45, 2.75) is 25.0 Å². The second kappa shape index (κ2) is 5.95. The number of ether oxygens (including phenoxy) is 1. The van der Waals surface area contributed by atoms with E-state index in [4.69, 9.17) is 16.3 Å². The third-order valence-electron chi connectivity index (χ3n) is 3.77. The molecule has 1 N–H and O–H groups in total. The highest BCUT2D eigenvalue weighted by atomic mass is 79.9. The summed E-state index contributed by atoms with van der Waals surface area (Å²) in [6, 6.07) is 2.49. The zero-order valence-electron chi connectivity index (χ0n) is 10.6. The number of hydrogen-bond donors (Lipinski definition) is 1. The first-order valence-corrected chi connectivity index (χ1v) is 7.80. The second-order valence-corrected chi connectivity index (χ2v) is 6.43. The Labute approximate surface area is 126 Å². The molecule has 3 heterocycles. The van der Waals surface area contributed by atoms with Crippen LogP contribution in [0.25, 0.3) is 0 Å². The maximum absolute atomic E-state index is 6.13. The molecule has 0 radical (unpaired) electrons. The van der Waals surface area contributed by atoms with Gasteiger partial charge in [-0.15, -0.1) is 0 Å². The van der Waals surface area contributed by atoms with Crippen molar-refractivity contribution < 1.29 is 4.74 Å². The van der Waals surface area contributed by atoms with Gasteiger partial charge in [0.25, 0.3) is 0 Å². The summed E-state index contributed by atoms with van der Waals surface area (Å²) in [6.45, 7) is 3.82. The van der Waals surface area contributed by atoms with Gasteiger partial charge in [-0.2, -0.15) is 0 Å². The van der Waals surface area contributed by atoms with Crippen LogP contribution in [0.1, 0.15) is 12.8 Å². The monoisotopic (exact) mass is 345 g/mol. The lowest BCUT2D eigenvalue weighted by molar-refractivity contribution is -0.0416. The van der Waals surface area contributed by atoms with Crippen LogP contribution in [-0.4, -0.2) is 48.3 Å². The Bertz CT molecular complexity index is 460. The van der Waals surface area contributed by atoms with E-state index in [9.17, 15) is 0 Å². The second-order valence-electron chi connectivity index (χ2n) is 5.11. The summed E-state index contributed by atoms with van der Waals surface area (Å²) in [7, 11) is 0. The molecular weight excluding hydrogens is 330 g/mol. The number of nitrogens with one attached hydrogen (secondary N) is 1. The average molecular weight is 347 g/mol. The number of nitrogens with zero attached hydrogens (tertiary/aromatic N) is 2. The van der Waals surface area contributed by atoms with Crippen molar-refractivity contribution in [1.82, 2.24) is 9.88 Å². The van der Waals surface area contributed by atoms with Crippen molar-refractivity contribution in [3.05, 3.63) is 21.8 Å². The van der Waals surface area contributed by atoms with E-state index in [0.717, 1.165) is 30.0 Å². The Balaban J connectivity index is 1.54. The Morgan fingerprint density at radius 3 is 3.32 bits per heavy atom. The van der Waals surface area contributed by atoms with Gasteiger partial charge in [-0.3, -0.25) is 4.90 Å². The molecule has 2 aliphatic rings. The van der Waals surface area contributed by atoms with E-state index in [0.29, 0.717) is 11.1 Å². The number of morpholine rings is 1. The van der Waals surface area contributed by atoms with Crippen molar-refractivity contribution in [3.8, 4) is 0 Å². The van der Waals surface area contributed by atoms with E-state index in [1.807, 2.05) is 6.07 Å². The van der Waals surface area contributed by atoms with Gasteiger partial charge in [0.15, 0.2) is 0 Å². The number of anilines is 1. The fraction of sp³-hybridized carbons (Fsp3) is 0.615. The molecule has 2 atom stereocenters. The van der Waals surface area contributed by atoms with Crippen molar-refractivity contribution in [2.75, 3.05) is 31.6 Å². The standard InChI is InChI=1S/C13H17BrClN3O/c14-9-4-12(15)13(16-5-9)17-6-11-7-18-3-1-2-10(18)8-19-11/h4-5,10-11H,1-3,6-8H2,(H,16,17). The summed E-state index contributed by atoms with van der Waals surface area (Å²) in [4.78, 5) is 6.80. The number of rotatable bonds is 3. The average Bonchev–Trinajstić information content (AvgIpc) is 2.85. The largest absolute Gasteiger partial charge is 0.373 e. The third kappa shape index (κ3) is 3.21. The number of halogens is 2. The van der Waals surface area contributed by atoms with Gasteiger partial charge in [-0.05, 0) is 41.4 Å². The molecule has 0 aromatic carbocycles. The lowest BCUT2D eigenvalue weighted by Crippen LogP contribution is -2.48. The summed E-state index contributed by atoms with van der Waals surface area (Å²) >= 11 is 9.48. The van der Waals surface area contributed by atoms with Crippen LogP contribution in [-0.2, 0) is 4.74 Å². The molecule has 2 saturated heterocycles. The zero-order valence-corrected chi connectivity index (χ0v) is 13.0. The van der Waals surface area contributed by atoms with Crippen LogP contribution in [0.5, 0.6) is 0 Å². The van der Waals surface area contributed by atoms with E-state index in [1.165, 1.54) is 19.4 Å². The first-order chi connectivity index (χ1) is 9.22. The highest BCUT2D eigenvalue weighted by Gasteiger charge is 2.32. The number of pyridine rings is 1. The summed E-state index contributed by atoms with van der Waals surface area (Å²) in [5.41, 5.74) is 0. The third-order valence-corrected chi connectivity index (χ3v) is 4.49. The van der Waals surface area contributed by atoms with Gasteiger partial charge in [0.2, 0.25) is 0 Å². The SMILES string of the molecule is Clc1cc(Br)cnc1NCC1CN2CCCC2CO1. The normalized spacial score (nSPS) is 27.3. The lowest BCUT2D eigenvalue weighted by Gasteiger charge is -2.35. The van der Waals surface area contributed by atoms with E-state index >= 15 is 0 Å². The van der Waals surface area contributed by atoms with Crippen LogP contribution in [0.15, 0.2) is 16.7 Å². The molecule has 19 heavy (non-hydrogen) atoms. The highest BCUT2D eigenvalue weighted by molar-refractivity contribution is 9.10. The quantitative estimate of drug-likeness (QED) is 0.913. The smallest absolute Gasteiger partial charge is 0.144 e. The molecule has 0 amide bonds. The first-order valence-electron chi connectivity index (χ1n) is 6.63. The van der Waals surface area contributed by atoms with Crippen LogP contribution in [0.2, 0.25) is 5.02 Å². The highest BCUT2D eigenvalue weighted by Crippen LogP contribution is 2.25. The molecule has 6 heteroatoms. The fourth-order valence-corrected chi connectivity index (χ4v) is 3.46. The molecular formula is C13H17BrClN3O. The summed E-state index contributed by atoms with van der Waals surface area (Å²) < 4.78 is 6.78. The fourth-order valence-electron chi connectivity index (χ4n) is 2.76. The van der Waals surface area contributed by atoms with Crippen molar-refractivity contribution >= 4 is 33.3 Å². The molecule has 3 rings (SSSR count). The van der Waals surface area contributed by atoms with Crippen LogP contribution in [0.4, 0.5) is 5.82 Å². The molecule has 2 aliphatic heterocycles. The van der Waals surface area contributed by atoms with Gasteiger partial charge in [0, 0.05) is 29.8 Å². The Hall–Kier alpha value is -0.360. The zero-order chi connectivity index (χ0) is 13.2. The maximum atomic E-state index is 6.13. The van der Waals surface area contributed by atoms with Crippen LogP contribution < -0.4 is 5.32 Å². The molecule has 4 nitrogen and oxygen atoms in total. The number of aromatic nitrogens is 1. The minimum atomic E-state index is 0.218. The summed E-state index contributed by atoms with van der Waals surface area (Å²) in [5.74, 6) is 0.719. The molecule has 0 spiro atoms. The van der Waals surface area contributed by atoms with Crippen LogP contribution >= 0.6 is 27.5 Å². The van der Waals surface area contributed by atoms with Crippen molar-refractivity contribution in [2.24, 2.45) is 0 Å². The molecule has 0 saturated carbocycles. The Morgan fingerprint density at radius 2 is 2.47 bits per heavy atom. The topological polar surface area (TPSA) is 37.4 Å². The van der Waals surface area contributed by atoms with Crippen LogP contribution in [0, 0.1) is 0 Å². The maximum Gasteiger partial charge on any atom is 0.144 e. The van der Waals surface area contributed by atoms with Gasteiger partial charge in [0.05, 0.1) is 17.7 Å². The molecule has 1 aromatic rings. The van der Waals surface area contributed by atoms with E-state index in [1.54, 1.807) is 6.20 Å². The van der Waals surface area contributed by atoms with Crippen LogP contribution in [0.3, 0.4) is 0 Å². The van der Waals surface area contributed by atoms with Gasteiger partial charge >= 0.3 is 0 Å². The predicted octanol–water partition coefficient (Wildman–Crippen LogP) is 2.77. The summed E-state index contributed by atoms with van der Waals surface area (Å²) in [5, 5.41) is 3.90. The number of hydrogen-bond acceptors (Lipinski definition) is 4. The van der Waals surface area contributed by atoms with Crippen molar-refractivity contribution in [1.29, 1.82) is 0 Å². The molecule has 0 aliphatic carbocycles. The molecule has 2 unspecified atom stereocenters. The summed E-state index contributed by atoms with van der Waals surface area (Å²) in [6.07, 6.45) is 4.54. The minimum absolute atomic E-state index is 0.218. The predicted molar refractivity (Wildman–Crippen MR) is 79.8 cm³/mol. The minimum Gasteiger partial charge on any atom is -0.373 e.